The van der Waals surface area contributed by atoms with Gasteiger partial charge in [-0.05, 0) is 41.1 Å². The van der Waals surface area contributed by atoms with Crippen molar-refractivity contribution in [2.75, 3.05) is 0 Å². The SMILES string of the molecule is O=S(=O)(Oc1cc2c(F)cccc2c2ccnc(Cl)c12)c1ccccc1. The molecule has 0 spiro atoms. The van der Waals surface area contributed by atoms with E-state index in [2.05, 4.69) is 4.98 Å². The molecule has 4 nitrogen and oxygen atoms in total. The van der Waals surface area contributed by atoms with E-state index in [0.29, 0.717) is 16.2 Å². The highest BCUT2D eigenvalue weighted by molar-refractivity contribution is 7.87. The van der Waals surface area contributed by atoms with Gasteiger partial charge in [0.15, 0.2) is 5.75 Å². The highest BCUT2D eigenvalue weighted by Gasteiger charge is 2.21. The van der Waals surface area contributed by atoms with Crippen LogP contribution in [0.3, 0.4) is 0 Å². The molecule has 0 aliphatic carbocycles. The molecule has 0 saturated carbocycles. The van der Waals surface area contributed by atoms with Gasteiger partial charge in [0.25, 0.3) is 0 Å². The monoisotopic (exact) mass is 387 g/mol. The van der Waals surface area contributed by atoms with E-state index < -0.39 is 15.9 Å². The predicted molar refractivity (Wildman–Crippen MR) is 98.5 cm³/mol. The molecule has 0 amide bonds. The third kappa shape index (κ3) is 2.77. The van der Waals surface area contributed by atoms with Crippen molar-refractivity contribution >= 4 is 43.3 Å². The molecule has 0 saturated heterocycles. The van der Waals surface area contributed by atoms with Gasteiger partial charge in [0, 0.05) is 11.6 Å². The van der Waals surface area contributed by atoms with Crippen molar-refractivity contribution in [3.05, 3.63) is 77.8 Å². The summed E-state index contributed by atoms with van der Waals surface area (Å²) in [6, 6.07) is 15.3. The first-order valence-corrected chi connectivity index (χ1v) is 9.41. The van der Waals surface area contributed by atoms with Crippen LogP contribution in [0.5, 0.6) is 5.75 Å². The second-order valence-corrected chi connectivity index (χ2v) is 7.49. The summed E-state index contributed by atoms with van der Waals surface area (Å²) in [4.78, 5) is 3.98. The number of hydrogen-bond acceptors (Lipinski definition) is 4. The summed E-state index contributed by atoms with van der Waals surface area (Å²) in [5.41, 5.74) is 0. The smallest absolute Gasteiger partial charge is 0.339 e. The first-order chi connectivity index (χ1) is 12.5. The van der Waals surface area contributed by atoms with E-state index in [1.54, 1.807) is 36.4 Å². The van der Waals surface area contributed by atoms with Crippen LogP contribution in [0.1, 0.15) is 0 Å². The van der Waals surface area contributed by atoms with Crippen molar-refractivity contribution < 1.29 is 17.0 Å². The van der Waals surface area contributed by atoms with Crippen LogP contribution in [0, 0.1) is 5.82 Å². The number of aromatic nitrogens is 1. The zero-order valence-electron chi connectivity index (χ0n) is 13.2. The van der Waals surface area contributed by atoms with Crippen LogP contribution in [-0.2, 0) is 10.1 Å². The van der Waals surface area contributed by atoms with Crippen molar-refractivity contribution in [1.29, 1.82) is 0 Å². The Kier molecular flexibility index (Phi) is 4.01. The van der Waals surface area contributed by atoms with E-state index in [9.17, 15) is 12.8 Å². The summed E-state index contributed by atoms with van der Waals surface area (Å²) in [6.45, 7) is 0. The van der Waals surface area contributed by atoms with E-state index >= 15 is 0 Å². The Labute approximate surface area is 153 Å². The lowest BCUT2D eigenvalue weighted by molar-refractivity contribution is 0.489. The molecule has 1 aromatic heterocycles. The Morgan fingerprint density at radius 2 is 1.69 bits per heavy atom. The maximum absolute atomic E-state index is 14.3. The molecule has 0 bridgehead atoms. The van der Waals surface area contributed by atoms with E-state index in [0.717, 1.165) is 0 Å². The van der Waals surface area contributed by atoms with Gasteiger partial charge in [0.05, 0.1) is 5.39 Å². The number of nitrogens with zero attached hydrogens (tertiary/aromatic N) is 1. The molecule has 7 heteroatoms. The molecule has 0 aliphatic rings. The zero-order chi connectivity index (χ0) is 18.3. The molecule has 0 N–H and O–H groups in total. The fraction of sp³-hybridized carbons (Fsp3) is 0. The number of halogens is 2. The van der Waals surface area contributed by atoms with E-state index in [-0.39, 0.29) is 21.2 Å². The molecule has 0 aliphatic heterocycles. The second kappa shape index (κ2) is 6.23. The molecule has 3 aromatic carbocycles. The van der Waals surface area contributed by atoms with Gasteiger partial charge < -0.3 is 4.18 Å². The highest BCUT2D eigenvalue weighted by atomic mass is 35.5. The molecular formula is C19H11ClFNO3S. The molecule has 1 heterocycles. The van der Waals surface area contributed by atoms with Gasteiger partial charge in [-0.15, -0.1) is 0 Å². The van der Waals surface area contributed by atoms with Gasteiger partial charge in [-0.25, -0.2) is 9.37 Å². The van der Waals surface area contributed by atoms with E-state index in [4.69, 9.17) is 15.8 Å². The number of hydrogen-bond donors (Lipinski definition) is 0. The molecule has 0 fully saturated rings. The first kappa shape index (κ1) is 16.8. The summed E-state index contributed by atoms with van der Waals surface area (Å²) >= 11 is 6.20. The summed E-state index contributed by atoms with van der Waals surface area (Å²) < 4.78 is 44.8. The third-order valence-corrected chi connectivity index (χ3v) is 5.54. The fourth-order valence-electron chi connectivity index (χ4n) is 2.84. The number of pyridine rings is 1. The molecule has 130 valence electrons. The lowest BCUT2D eigenvalue weighted by Gasteiger charge is -2.13. The predicted octanol–water partition coefficient (Wildman–Crippen LogP) is 4.95. The average molecular weight is 388 g/mol. The van der Waals surface area contributed by atoms with Gasteiger partial charge in [0.2, 0.25) is 0 Å². The van der Waals surface area contributed by atoms with Crippen molar-refractivity contribution in [3.8, 4) is 5.75 Å². The number of rotatable bonds is 3. The normalized spacial score (nSPS) is 11.8. The van der Waals surface area contributed by atoms with Gasteiger partial charge >= 0.3 is 10.1 Å². The Bertz CT molecular complexity index is 1240. The lowest BCUT2D eigenvalue weighted by Crippen LogP contribution is -2.10. The zero-order valence-corrected chi connectivity index (χ0v) is 14.8. The molecular weight excluding hydrogens is 377 g/mol. The topological polar surface area (TPSA) is 56.3 Å². The van der Waals surface area contributed by atoms with Gasteiger partial charge in [-0.2, -0.15) is 8.42 Å². The number of benzene rings is 3. The van der Waals surface area contributed by atoms with Crippen molar-refractivity contribution in [2.24, 2.45) is 0 Å². The Morgan fingerprint density at radius 1 is 0.923 bits per heavy atom. The number of fused-ring (bicyclic) bond motifs is 3. The second-order valence-electron chi connectivity index (χ2n) is 5.58. The van der Waals surface area contributed by atoms with Gasteiger partial charge in [-0.3, -0.25) is 0 Å². The minimum atomic E-state index is -4.11. The molecule has 0 unspecified atom stereocenters. The first-order valence-electron chi connectivity index (χ1n) is 7.62. The molecule has 26 heavy (non-hydrogen) atoms. The summed E-state index contributed by atoms with van der Waals surface area (Å²) in [6.07, 6.45) is 1.48. The van der Waals surface area contributed by atoms with Crippen molar-refractivity contribution in [2.45, 2.75) is 4.90 Å². The maximum atomic E-state index is 14.3. The highest BCUT2D eigenvalue weighted by Crippen LogP contribution is 2.38. The average Bonchev–Trinajstić information content (AvgIpc) is 2.63. The van der Waals surface area contributed by atoms with Crippen LogP contribution < -0.4 is 4.18 Å². The van der Waals surface area contributed by atoms with Crippen LogP contribution in [0.15, 0.2) is 71.8 Å². The van der Waals surface area contributed by atoms with Crippen molar-refractivity contribution in [3.63, 3.8) is 0 Å². The minimum absolute atomic E-state index is 0.0122. The van der Waals surface area contributed by atoms with Crippen molar-refractivity contribution in [1.82, 2.24) is 4.98 Å². The third-order valence-electron chi connectivity index (χ3n) is 4.00. The molecule has 0 atom stereocenters. The Morgan fingerprint density at radius 3 is 2.46 bits per heavy atom. The fourth-order valence-corrected chi connectivity index (χ4v) is 4.04. The Balaban J connectivity index is 2.01. The summed E-state index contributed by atoms with van der Waals surface area (Å²) in [5, 5.41) is 1.77. The minimum Gasteiger partial charge on any atom is -0.378 e. The standard InChI is InChI=1S/C19H11ClFNO3S/c20-19-18-14(9-10-22-19)13-7-4-8-16(21)15(13)11-17(18)25-26(23,24)12-5-2-1-3-6-12/h1-11H. The van der Waals surface area contributed by atoms with E-state index in [1.165, 1.54) is 30.5 Å². The quantitative estimate of drug-likeness (QED) is 0.283. The Hall–Kier alpha value is -2.70. The van der Waals surface area contributed by atoms with Crippen LogP contribution in [-0.4, -0.2) is 13.4 Å². The van der Waals surface area contributed by atoms with Crippen LogP contribution >= 0.6 is 11.6 Å². The largest absolute Gasteiger partial charge is 0.378 e. The van der Waals surface area contributed by atoms with Crippen LogP contribution in [0.25, 0.3) is 21.5 Å². The lowest BCUT2D eigenvalue weighted by atomic mass is 10.0. The van der Waals surface area contributed by atoms with Crippen LogP contribution in [0.2, 0.25) is 5.15 Å². The molecule has 0 radical (unpaired) electrons. The van der Waals surface area contributed by atoms with Gasteiger partial charge in [0.1, 0.15) is 15.9 Å². The summed E-state index contributed by atoms with van der Waals surface area (Å²) in [5.74, 6) is -0.557. The van der Waals surface area contributed by atoms with E-state index in [1.807, 2.05) is 0 Å². The molecule has 4 rings (SSSR count). The maximum Gasteiger partial charge on any atom is 0.339 e. The van der Waals surface area contributed by atoms with Gasteiger partial charge in [-0.1, -0.05) is 41.9 Å². The summed E-state index contributed by atoms with van der Waals surface area (Å²) in [7, 11) is -4.11. The van der Waals surface area contributed by atoms with Crippen LogP contribution in [0.4, 0.5) is 4.39 Å². The molecule has 4 aromatic rings.